The van der Waals surface area contributed by atoms with Gasteiger partial charge in [0.15, 0.2) is 0 Å². The average Bonchev–Trinajstić information content (AvgIpc) is 2.67. The van der Waals surface area contributed by atoms with Crippen molar-refractivity contribution in [3.05, 3.63) is 29.8 Å². The van der Waals surface area contributed by atoms with Crippen molar-refractivity contribution in [2.45, 2.75) is 38.6 Å². The molecular weight excluding hydrogens is 214 g/mol. The summed E-state index contributed by atoms with van der Waals surface area (Å²) in [6.07, 6.45) is 1.30. The van der Waals surface area contributed by atoms with E-state index in [-0.39, 0.29) is 12.3 Å². The molecule has 0 fully saturated rings. The zero-order chi connectivity index (χ0) is 12.4. The summed E-state index contributed by atoms with van der Waals surface area (Å²) in [6.45, 7) is 5.19. The van der Waals surface area contributed by atoms with E-state index in [9.17, 15) is 4.79 Å². The Morgan fingerprint density at radius 2 is 2.24 bits per heavy atom. The number of nitrogens with zero attached hydrogens (tertiary/aromatic N) is 1. The highest BCUT2D eigenvalue weighted by atomic mass is 16.4. The van der Waals surface area contributed by atoms with Crippen LogP contribution in [0.3, 0.4) is 0 Å². The second kappa shape index (κ2) is 4.78. The Labute approximate surface area is 102 Å². The zero-order valence-corrected chi connectivity index (χ0v) is 10.4. The Kier molecular flexibility index (Phi) is 3.36. The lowest BCUT2D eigenvalue weighted by atomic mass is 9.98. The molecule has 0 saturated heterocycles. The molecule has 2 atom stereocenters. The molecular formula is C14H19NO2. The number of benzene rings is 1. The van der Waals surface area contributed by atoms with Gasteiger partial charge in [-0.25, -0.2) is 0 Å². The van der Waals surface area contributed by atoms with Gasteiger partial charge in [0, 0.05) is 24.2 Å². The number of para-hydroxylation sites is 1. The molecule has 0 aromatic heterocycles. The van der Waals surface area contributed by atoms with E-state index in [1.54, 1.807) is 0 Å². The summed E-state index contributed by atoms with van der Waals surface area (Å²) in [5, 5.41) is 8.96. The minimum atomic E-state index is -0.712. The molecule has 2 unspecified atom stereocenters. The van der Waals surface area contributed by atoms with Crippen molar-refractivity contribution in [1.82, 2.24) is 0 Å². The van der Waals surface area contributed by atoms with Gasteiger partial charge < -0.3 is 10.0 Å². The van der Waals surface area contributed by atoms with Crippen LogP contribution >= 0.6 is 0 Å². The van der Waals surface area contributed by atoms with Gasteiger partial charge in [0.2, 0.25) is 0 Å². The molecule has 3 nitrogen and oxygen atoms in total. The average molecular weight is 233 g/mol. The zero-order valence-electron chi connectivity index (χ0n) is 10.4. The first-order valence-corrected chi connectivity index (χ1v) is 6.20. The number of hydrogen-bond donors (Lipinski definition) is 1. The van der Waals surface area contributed by atoms with Gasteiger partial charge in [0.05, 0.1) is 6.42 Å². The fraction of sp³-hybridized carbons (Fsp3) is 0.500. The van der Waals surface area contributed by atoms with E-state index in [0.29, 0.717) is 6.04 Å². The summed E-state index contributed by atoms with van der Waals surface area (Å²) in [7, 11) is 0. The molecule has 1 aromatic carbocycles. The second-order valence-electron chi connectivity index (χ2n) is 4.76. The number of carboxylic acid groups (broad SMARTS) is 1. The van der Waals surface area contributed by atoms with E-state index in [1.165, 1.54) is 11.3 Å². The second-order valence-corrected chi connectivity index (χ2v) is 4.76. The molecule has 1 N–H and O–H groups in total. The van der Waals surface area contributed by atoms with Crippen LogP contribution in [0.25, 0.3) is 0 Å². The number of anilines is 1. The molecule has 0 aliphatic carbocycles. The number of fused-ring (bicyclic) bond motifs is 1. The largest absolute Gasteiger partial charge is 0.481 e. The van der Waals surface area contributed by atoms with E-state index in [0.717, 1.165) is 13.0 Å². The number of hydrogen-bond acceptors (Lipinski definition) is 2. The minimum absolute atomic E-state index is 0.137. The third-order valence-electron chi connectivity index (χ3n) is 3.65. The lowest BCUT2D eigenvalue weighted by molar-refractivity contribution is -0.137. The van der Waals surface area contributed by atoms with Crippen molar-refractivity contribution in [3.8, 4) is 0 Å². The van der Waals surface area contributed by atoms with E-state index in [1.807, 2.05) is 12.1 Å². The normalized spacial score (nSPS) is 20.1. The summed E-state index contributed by atoms with van der Waals surface area (Å²) >= 11 is 0. The van der Waals surface area contributed by atoms with Crippen LogP contribution in [0.5, 0.6) is 0 Å². The minimum Gasteiger partial charge on any atom is -0.481 e. The number of rotatable bonds is 4. The monoisotopic (exact) mass is 233 g/mol. The lowest BCUT2D eigenvalue weighted by Gasteiger charge is -2.26. The maximum atomic E-state index is 10.9. The van der Waals surface area contributed by atoms with Crippen molar-refractivity contribution >= 4 is 11.7 Å². The van der Waals surface area contributed by atoms with Gasteiger partial charge >= 0.3 is 5.97 Å². The first-order chi connectivity index (χ1) is 8.13. The SMILES string of the molecule is CCC(C)N1CC(CC(=O)O)c2ccccc21. The van der Waals surface area contributed by atoms with Crippen LogP contribution in [-0.4, -0.2) is 23.7 Å². The quantitative estimate of drug-likeness (QED) is 0.869. The Bertz CT molecular complexity index is 416. The molecule has 1 aromatic rings. The van der Waals surface area contributed by atoms with Gasteiger partial charge in [-0.05, 0) is 25.0 Å². The molecule has 1 aliphatic rings. The Hall–Kier alpha value is -1.51. The summed E-state index contributed by atoms with van der Waals surface area (Å²) in [6, 6.07) is 8.65. The Balaban J connectivity index is 2.29. The van der Waals surface area contributed by atoms with Crippen molar-refractivity contribution in [2.24, 2.45) is 0 Å². The molecule has 1 heterocycles. The van der Waals surface area contributed by atoms with E-state index >= 15 is 0 Å². The van der Waals surface area contributed by atoms with E-state index in [2.05, 4.69) is 30.9 Å². The van der Waals surface area contributed by atoms with Crippen LogP contribution in [0.15, 0.2) is 24.3 Å². The van der Waals surface area contributed by atoms with Crippen molar-refractivity contribution in [2.75, 3.05) is 11.4 Å². The van der Waals surface area contributed by atoms with Crippen LogP contribution in [0, 0.1) is 0 Å². The number of carboxylic acids is 1. The van der Waals surface area contributed by atoms with Crippen LogP contribution < -0.4 is 4.90 Å². The lowest BCUT2D eigenvalue weighted by Crippen LogP contribution is -2.31. The van der Waals surface area contributed by atoms with Crippen LogP contribution in [0.4, 0.5) is 5.69 Å². The molecule has 1 aliphatic heterocycles. The molecule has 0 saturated carbocycles. The van der Waals surface area contributed by atoms with Crippen molar-refractivity contribution < 1.29 is 9.90 Å². The molecule has 2 rings (SSSR count). The van der Waals surface area contributed by atoms with Crippen molar-refractivity contribution in [3.63, 3.8) is 0 Å². The predicted octanol–water partition coefficient (Wildman–Crippen LogP) is 2.86. The summed E-state index contributed by atoms with van der Waals surface area (Å²) < 4.78 is 0. The first kappa shape index (κ1) is 12.0. The van der Waals surface area contributed by atoms with Crippen LogP contribution in [-0.2, 0) is 4.79 Å². The highest BCUT2D eigenvalue weighted by molar-refractivity contribution is 5.71. The third-order valence-corrected chi connectivity index (χ3v) is 3.65. The summed E-state index contributed by atoms with van der Waals surface area (Å²) in [5.41, 5.74) is 2.41. The van der Waals surface area contributed by atoms with Gasteiger partial charge in [0.25, 0.3) is 0 Å². The van der Waals surface area contributed by atoms with Crippen LogP contribution in [0.2, 0.25) is 0 Å². The number of carbonyl (C=O) groups is 1. The maximum absolute atomic E-state index is 10.9. The van der Waals surface area contributed by atoms with Gasteiger partial charge in [-0.2, -0.15) is 0 Å². The molecule has 17 heavy (non-hydrogen) atoms. The Morgan fingerprint density at radius 1 is 1.53 bits per heavy atom. The third kappa shape index (κ3) is 2.28. The molecule has 92 valence electrons. The van der Waals surface area contributed by atoms with Crippen molar-refractivity contribution in [1.29, 1.82) is 0 Å². The summed E-state index contributed by atoms with van der Waals surface area (Å²) in [4.78, 5) is 13.2. The van der Waals surface area contributed by atoms with E-state index < -0.39 is 5.97 Å². The maximum Gasteiger partial charge on any atom is 0.304 e. The fourth-order valence-corrected chi connectivity index (χ4v) is 2.55. The molecule has 0 amide bonds. The molecule has 3 heteroatoms. The molecule has 0 spiro atoms. The highest BCUT2D eigenvalue weighted by Crippen LogP contribution is 2.39. The Morgan fingerprint density at radius 3 is 2.88 bits per heavy atom. The summed E-state index contributed by atoms with van der Waals surface area (Å²) in [5.74, 6) is -0.575. The number of aliphatic carboxylic acids is 1. The van der Waals surface area contributed by atoms with Gasteiger partial charge in [-0.3, -0.25) is 4.79 Å². The highest BCUT2D eigenvalue weighted by Gasteiger charge is 2.31. The van der Waals surface area contributed by atoms with Crippen LogP contribution in [0.1, 0.15) is 38.2 Å². The fourth-order valence-electron chi connectivity index (χ4n) is 2.55. The standard InChI is InChI=1S/C14H19NO2/c1-3-10(2)15-9-11(8-14(16)17)12-6-4-5-7-13(12)15/h4-7,10-11H,3,8-9H2,1-2H3,(H,16,17). The van der Waals surface area contributed by atoms with Gasteiger partial charge in [-0.15, -0.1) is 0 Å². The predicted molar refractivity (Wildman–Crippen MR) is 68.5 cm³/mol. The smallest absolute Gasteiger partial charge is 0.304 e. The first-order valence-electron chi connectivity index (χ1n) is 6.20. The van der Waals surface area contributed by atoms with Gasteiger partial charge in [0.1, 0.15) is 0 Å². The van der Waals surface area contributed by atoms with Gasteiger partial charge in [-0.1, -0.05) is 25.1 Å². The molecule has 0 bridgehead atoms. The molecule has 0 radical (unpaired) electrons. The van der Waals surface area contributed by atoms with E-state index in [4.69, 9.17) is 5.11 Å². The topological polar surface area (TPSA) is 40.5 Å².